The van der Waals surface area contributed by atoms with Gasteiger partial charge in [0.05, 0.1) is 0 Å². The summed E-state index contributed by atoms with van der Waals surface area (Å²) in [5.41, 5.74) is 0. The highest BCUT2D eigenvalue weighted by Crippen LogP contribution is 2.14. The van der Waals surface area contributed by atoms with Gasteiger partial charge in [-0.05, 0) is 0 Å². The summed E-state index contributed by atoms with van der Waals surface area (Å²) < 4.78 is 0. The largest absolute Gasteiger partial charge is 0.508 e. The monoisotopic (exact) mass is 74.0 g/mol. The maximum atomic E-state index is 7.79. The molecule has 3 heteroatoms. The van der Waals surface area contributed by atoms with Crippen LogP contribution in [0.4, 0.5) is 0 Å². The Hall–Kier alpha value is -0.860. The molecule has 1 aliphatic rings. The van der Waals surface area contributed by atoms with Crippen molar-refractivity contribution in [2.75, 3.05) is 0 Å². The standard InChI is InChI=1S/C2H2O3/c3-1-2-4-5-2/h1,3H. The van der Waals surface area contributed by atoms with Gasteiger partial charge >= 0.3 is 5.95 Å². The zero-order valence-corrected chi connectivity index (χ0v) is 2.34. The van der Waals surface area contributed by atoms with Crippen LogP contribution < -0.4 is 0 Å². The first-order chi connectivity index (χ1) is 2.43. The first kappa shape index (κ1) is 2.38. The number of rotatable bonds is 0. The van der Waals surface area contributed by atoms with Gasteiger partial charge in [-0.3, -0.25) is 0 Å². The lowest BCUT2D eigenvalue weighted by Crippen LogP contribution is -1.42. The molecular formula is C2H2O3. The number of aliphatic hydroxyl groups excluding tert-OH is 1. The first-order valence-corrected chi connectivity index (χ1v) is 1.12. The number of aliphatic hydroxyl groups is 1. The van der Waals surface area contributed by atoms with Crippen LogP contribution in [-0.4, -0.2) is 5.11 Å². The molecule has 0 amide bonds. The third-order valence-corrected chi connectivity index (χ3v) is 0.285. The Bertz CT molecular complexity index is 59.3. The summed E-state index contributed by atoms with van der Waals surface area (Å²) in [6.07, 6.45) is 0.750. The zero-order chi connectivity index (χ0) is 3.70. The molecular weight excluding hydrogens is 72.0 g/mol. The summed E-state index contributed by atoms with van der Waals surface area (Å²) in [4.78, 5) is 7.94. The highest BCUT2D eigenvalue weighted by molar-refractivity contribution is 4.76. The SMILES string of the molecule is OC=C1OO1. The number of hydrogen-bond acceptors (Lipinski definition) is 3. The summed E-state index contributed by atoms with van der Waals surface area (Å²) in [5, 5.41) is 7.79. The highest BCUT2D eigenvalue weighted by atomic mass is 17.4. The van der Waals surface area contributed by atoms with Gasteiger partial charge in [-0.1, -0.05) is 0 Å². The second-order valence-electron chi connectivity index (χ2n) is 0.615. The Kier molecular flexibility index (Phi) is 0.259. The van der Waals surface area contributed by atoms with E-state index in [1.807, 2.05) is 0 Å². The molecule has 0 saturated carbocycles. The maximum absolute atomic E-state index is 7.79. The van der Waals surface area contributed by atoms with Gasteiger partial charge in [-0.2, -0.15) is 0 Å². The third-order valence-electron chi connectivity index (χ3n) is 0.285. The molecule has 1 aliphatic heterocycles. The van der Waals surface area contributed by atoms with Crippen LogP contribution in [0.1, 0.15) is 0 Å². The Labute approximate surface area is 28.4 Å². The molecule has 0 aliphatic carbocycles. The van der Waals surface area contributed by atoms with E-state index < -0.39 is 0 Å². The van der Waals surface area contributed by atoms with Crippen LogP contribution in [0.5, 0.6) is 0 Å². The Morgan fingerprint density at radius 2 is 2.20 bits per heavy atom. The van der Waals surface area contributed by atoms with Crippen molar-refractivity contribution in [3.8, 4) is 0 Å². The Morgan fingerprint density at radius 1 is 1.60 bits per heavy atom. The molecule has 0 aromatic heterocycles. The van der Waals surface area contributed by atoms with Crippen LogP contribution in [0.3, 0.4) is 0 Å². The average Bonchev–Trinajstić information content (AvgIpc) is 2.12. The fourth-order valence-corrected chi connectivity index (χ4v) is 0.0671. The van der Waals surface area contributed by atoms with Gasteiger partial charge in [-0.25, -0.2) is 9.78 Å². The molecule has 1 heterocycles. The van der Waals surface area contributed by atoms with Gasteiger partial charge in [0.1, 0.15) is 0 Å². The van der Waals surface area contributed by atoms with E-state index in [1.54, 1.807) is 0 Å². The molecule has 0 aromatic rings. The van der Waals surface area contributed by atoms with E-state index in [1.165, 1.54) is 0 Å². The van der Waals surface area contributed by atoms with Gasteiger partial charge in [-0.15, -0.1) is 0 Å². The normalized spacial score (nSPS) is 15.6. The van der Waals surface area contributed by atoms with Crippen LogP contribution in [0.15, 0.2) is 12.2 Å². The molecule has 0 aromatic carbocycles. The van der Waals surface area contributed by atoms with Crippen LogP contribution in [0, 0.1) is 0 Å². The van der Waals surface area contributed by atoms with Gasteiger partial charge in [0.15, 0.2) is 6.26 Å². The topological polar surface area (TPSA) is 45.3 Å². The minimum Gasteiger partial charge on any atom is -0.508 e. The van der Waals surface area contributed by atoms with Crippen molar-refractivity contribution in [3.63, 3.8) is 0 Å². The zero-order valence-electron chi connectivity index (χ0n) is 2.34. The van der Waals surface area contributed by atoms with Gasteiger partial charge in [0.2, 0.25) is 0 Å². The lowest BCUT2D eigenvalue weighted by atomic mass is 11.0. The molecule has 0 spiro atoms. The van der Waals surface area contributed by atoms with Crippen molar-refractivity contribution in [1.29, 1.82) is 0 Å². The predicted molar refractivity (Wildman–Crippen MR) is 12.9 cm³/mol. The molecule has 0 unspecified atom stereocenters. The van der Waals surface area contributed by atoms with E-state index in [0.29, 0.717) is 0 Å². The summed E-state index contributed by atoms with van der Waals surface area (Å²) in [7, 11) is 0. The van der Waals surface area contributed by atoms with Crippen LogP contribution in [-0.2, 0) is 9.78 Å². The molecule has 3 nitrogen and oxygen atoms in total. The smallest absolute Gasteiger partial charge is 0.412 e. The second kappa shape index (κ2) is 0.544. The lowest BCUT2D eigenvalue weighted by molar-refractivity contribution is 0.0850. The van der Waals surface area contributed by atoms with Gasteiger partial charge in [0, 0.05) is 0 Å². The van der Waals surface area contributed by atoms with E-state index in [9.17, 15) is 0 Å². The predicted octanol–water partition coefficient (Wildman–Crippen LogP) is 0.305. The molecule has 1 rings (SSSR count). The average molecular weight is 74.0 g/mol. The van der Waals surface area contributed by atoms with E-state index in [-0.39, 0.29) is 5.95 Å². The summed E-state index contributed by atoms with van der Waals surface area (Å²) >= 11 is 0. The quantitative estimate of drug-likeness (QED) is 0.255. The van der Waals surface area contributed by atoms with Crippen LogP contribution in [0.2, 0.25) is 0 Å². The van der Waals surface area contributed by atoms with Crippen molar-refractivity contribution in [3.05, 3.63) is 12.2 Å². The van der Waals surface area contributed by atoms with Crippen molar-refractivity contribution in [1.82, 2.24) is 0 Å². The molecule has 1 fully saturated rings. The fraction of sp³-hybridized carbons (Fsp3) is 0. The molecule has 0 bridgehead atoms. The molecule has 1 saturated heterocycles. The number of hydrogen-bond donors (Lipinski definition) is 1. The van der Waals surface area contributed by atoms with E-state index >= 15 is 0 Å². The van der Waals surface area contributed by atoms with Crippen LogP contribution in [0.25, 0.3) is 0 Å². The highest BCUT2D eigenvalue weighted by Gasteiger charge is 2.16. The molecule has 1 N–H and O–H groups in total. The van der Waals surface area contributed by atoms with Gasteiger partial charge < -0.3 is 5.11 Å². The summed E-state index contributed by atoms with van der Waals surface area (Å²) in [5.74, 6) is 0.185. The molecule has 0 atom stereocenters. The lowest BCUT2D eigenvalue weighted by Gasteiger charge is -1.44. The summed E-state index contributed by atoms with van der Waals surface area (Å²) in [6.45, 7) is 0. The van der Waals surface area contributed by atoms with Crippen molar-refractivity contribution in [2.24, 2.45) is 0 Å². The third kappa shape index (κ3) is 0.238. The van der Waals surface area contributed by atoms with E-state index in [0.717, 1.165) is 6.26 Å². The fourth-order valence-electron chi connectivity index (χ4n) is 0.0671. The minimum atomic E-state index is 0.185. The summed E-state index contributed by atoms with van der Waals surface area (Å²) in [6, 6.07) is 0. The van der Waals surface area contributed by atoms with Gasteiger partial charge in [0.25, 0.3) is 0 Å². The second-order valence-corrected chi connectivity index (χ2v) is 0.615. The first-order valence-electron chi connectivity index (χ1n) is 1.12. The van der Waals surface area contributed by atoms with Crippen molar-refractivity contribution < 1.29 is 14.9 Å². The van der Waals surface area contributed by atoms with Crippen molar-refractivity contribution in [2.45, 2.75) is 0 Å². The molecule has 28 valence electrons. The molecule has 0 radical (unpaired) electrons. The maximum Gasteiger partial charge on any atom is 0.412 e. The molecule has 5 heavy (non-hydrogen) atoms. The Morgan fingerprint density at radius 3 is 2.20 bits per heavy atom. The van der Waals surface area contributed by atoms with E-state index in [2.05, 4.69) is 9.78 Å². The Balaban J connectivity index is 2.46. The van der Waals surface area contributed by atoms with Crippen LogP contribution >= 0.6 is 0 Å². The van der Waals surface area contributed by atoms with Crippen molar-refractivity contribution >= 4 is 0 Å². The van der Waals surface area contributed by atoms with E-state index in [4.69, 9.17) is 5.11 Å². The minimum absolute atomic E-state index is 0.185.